The number of rotatable bonds is 6. The van der Waals surface area contributed by atoms with Crippen molar-refractivity contribution in [2.24, 2.45) is 5.92 Å². The molecular weight excluding hydrogens is 211 g/mol. The van der Waals surface area contributed by atoms with Crippen molar-refractivity contribution in [3.8, 4) is 0 Å². The summed E-state index contributed by atoms with van der Waals surface area (Å²) in [5.41, 5.74) is 0. The smallest absolute Gasteiger partial charge is 0.511 e. The van der Waals surface area contributed by atoms with Gasteiger partial charge in [-0.05, 0) is 0 Å². The van der Waals surface area contributed by atoms with Gasteiger partial charge in [-0.25, -0.2) is 4.79 Å². The van der Waals surface area contributed by atoms with Gasteiger partial charge in [0.25, 0.3) is 5.97 Å². The maximum absolute atomic E-state index is 10.7. The molecule has 0 heterocycles. The maximum Gasteiger partial charge on any atom is 0.571 e. The van der Waals surface area contributed by atoms with Crippen LogP contribution < -0.4 is 0 Å². The van der Waals surface area contributed by atoms with Crippen molar-refractivity contribution < 1.29 is 39.4 Å². The molecule has 0 aromatic heterocycles. The van der Waals surface area contributed by atoms with E-state index in [9.17, 15) is 14.4 Å². The zero-order valence-corrected chi connectivity index (χ0v) is 7.36. The normalized spacial score (nSPS) is 13.7. The second-order valence-electron chi connectivity index (χ2n) is 2.53. The maximum atomic E-state index is 10.7. The lowest BCUT2D eigenvalue weighted by atomic mass is 9.99. The van der Waals surface area contributed by atoms with E-state index in [1.165, 1.54) is 0 Å². The van der Waals surface area contributed by atoms with Crippen molar-refractivity contribution >= 4 is 25.6 Å². The summed E-state index contributed by atoms with van der Waals surface area (Å²) >= 11 is 0. The number of hydrogen-bond acceptors (Lipinski definition) is 6. The molecule has 2 unspecified atom stereocenters. The number of carbonyl (C=O) groups excluding carboxylic acids is 1. The summed E-state index contributed by atoms with van der Waals surface area (Å²) in [6.07, 6.45) is -3.08. The molecule has 0 aliphatic carbocycles. The van der Waals surface area contributed by atoms with E-state index in [0.717, 1.165) is 0 Å². The minimum Gasteiger partial charge on any atom is -0.511 e. The summed E-state index contributed by atoms with van der Waals surface area (Å²) in [7, 11) is 0.0361. The van der Waals surface area contributed by atoms with E-state index in [1.54, 1.807) is 0 Å². The van der Waals surface area contributed by atoms with E-state index >= 15 is 0 Å². The van der Waals surface area contributed by atoms with Crippen LogP contribution in [0.2, 0.25) is 0 Å². The summed E-state index contributed by atoms with van der Waals surface area (Å²) in [6, 6.07) is 0. The highest BCUT2D eigenvalue weighted by Gasteiger charge is 2.34. The topological polar surface area (TPSA) is 141 Å². The van der Waals surface area contributed by atoms with Gasteiger partial charge in [-0.2, -0.15) is 0 Å². The third kappa shape index (κ3) is 4.43. The molecule has 4 N–H and O–H groups in total. The first-order chi connectivity index (χ1) is 6.90. The Morgan fingerprint density at radius 1 is 1.20 bits per heavy atom. The molecular formula is C6H8BO8. The van der Waals surface area contributed by atoms with Gasteiger partial charge in [0.1, 0.15) is 5.92 Å². The molecule has 1 radical (unpaired) electrons. The van der Waals surface area contributed by atoms with Crippen LogP contribution in [-0.4, -0.2) is 52.0 Å². The van der Waals surface area contributed by atoms with Gasteiger partial charge in [-0.1, -0.05) is 0 Å². The Bertz CT molecular complexity index is 264. The quantitative estimate of drug-likeness (QED) is 0.362. The minimum absolute atomic E-state index is 0.0361. The van der Waals surface area contributed by atoms with Gasteiger partial charge < -0.3 is 25.0 Å². The minimum atomic E-state index is -2.21. The van der Waals surface area contributed by atoms with E-state index in [0.29, 0.717) is 0 Å². The molecule has 0 aromatic rings. The van der Waals surface area contributed by atoms with Crippen molar-refractivity contribution in [1.82, 2.24) is 0 Å². The predicted molar refractivity (Wildman–Crippen MR) is 43.5 cm³/mol. The van der Waals surface area contributed by atoms with Gasteiger partial charge in [0.05, 0.1) is 6.42 Å². The van der Waals surface area contributed by atoms with Crippen LogP contribution in [0.25, 0.3) is 0 Å². The molecule has 0 aromatic carbocycles. The van der Waals surface area contributed by atoms with E-state index in [1.807, 2.05) is 0 Å². The zero-order chi connectivity index (χ0) is 12.0. The van der Waals surface area contributed by atoms with E-state index in [2.05, 4.69) is 4.65 Å². The Kier molecular flexibility index (Phi) is 5.35. The van der Waals surface area contributed by atoms with Crippen LogP contribution in [-0.2, 0) is 19.0 Å². The first-order valence-electron chi connectivity index (χ1n) is 3.69. The van der Waals surface area contributed by atoms with E-state index in [4.69, 9.17) is 20.3 Å². The van der Waals surface area contributed by atoms with Crippen molar-refractivity contribution in [3.05, 3.63) is 0 Å². The molecule has 15 heavy (non-hydrogen) atoms. The average molecular weight is 219 g/mol. The van der Waals surface area contributed by atoms with Crippen LogP contribution >= 0.6 is 0 Å². The van der Waals surface area contributed by atoms with Crippen molar-refractivity contribution in [3.63, 3.8) is 0 Å². The summed E-state index contributed by atoms with van der Waals surface area (Å²) in [4.78, 5) is 31.4. The molecule has 0 rings (SSSR count). The van der Waals surface area contributed by atoms with Crippen LogP contribution in [0.1, 0.15) is 6.42 Å². The largest absolute Gasteiger partial charge is 0.571 e. The van der Waals surface area contributed by atoms with Crippen molar-refractivity contribution in [2.75, 3.05) is 0 Å². The Morgan fingerprint density at radius 2 is 1.73 bits per heavy atom. The highest BCUT2D eigenvalue weighted by molar-refractivity contribution is 6.20. The predicted octanol–water partition coefficient (Wildman–Crippen LogP) is -2.41. The molecule has 0 fully saturated rings. The Labute approximate surface area is 84.4 Å². The number of aliphatic carboxylic acids is 2. The first-order valence-corrected chi connectivity index (χ1v) is 3.69. The van der Waals surface area contributed by atoms with Gasteiger partial charge in [-0.3, -0.25) is 9.59 Å². The third-order valence-electron chi connectivity index (χ3n) is 1.52. The first kappa shape index (κ1) is 13.4. The molecule has 0 aliphatic heterocycles. The van der Waals surface area contributed by atoms with Crippen LogP contribution in [0.4, 0.5) is 0 Å². The molecule has 2 atom stereocenters. The van der Waals surface area contributed by atoms with Crippen LogP contribution in [0.5, 0.6) is 0 Å². The van der Waals surface area contributed by atoms with Gasteiger partial charge in [0.2, 0.25) is 0 Å². The highest BCUT2D eigenvalue weighted by atomic mass is 16.6. The Balaban J connectivity index is 4.48. The monoisotopic (exact) mass is 219 g/mol. The van der Waals surface area contributed by atoms with Gasteiger partial charge in [-0.15, -0.1) is 0 Å². The van der Waals surface area contributed by atoms with Crippen LogP contribution in [0.3, 0.4) is 0 Å². The van der Waals surface area contributed by atoms with Crippen LogP contribution in [0, 0.1) is 5.92 Å². The second kappa shape index (κ2) is 5.99. The number of carboxylic acids is 2. The molecule has 9 heteroatoms. The summed E-state index contributed by atoms with van der Waals surface area (Å²) < 4.78 is 3.88. The molecule has 83 valence electrons. The Hall–Kier alpha value is -1.61. The lowest BCUT2D eigenvalue weighted by Gasteiger charge is -2.13. The summed E-state index contributed by atoms with van der Waals surface area (Å²) in [6.45, 7) is 0. The van der Waals surface area contributed by atoms with Crippen LogP contribution in [0.15, 0.2) is 0 Å². The van der Waals surface area contributed by atoms with E-state index in [-0.39, 0.29) is 7.69 Å². The molecule has 8 nitrogen and oxygen atoms in total. The third-order valence-corrected chi connectivity index (χ3v) is 1.52. The lowest BCUT2D eigenvalue weighted by Crippen LogP contribution is -2.36. The summed E-state index contributed by atoms with van der Waals surface area (Å²) in [5, 5.41) is 33.8. The molecule has 0 amide bonds. The SMILES string of the molecule is O=C(CC(C(=O)O)C(O)C(=O)O)O[B]O. The Morgan fingerprint density at radius 3 is 2.07 bits per heavy atom. The zero-order valence-electron chi connectivity index (χ0n) is 7.36. The van der Waals surface area contributed by atoms with Gasteiger partial charge >= 0.3 is 19.6 Å². The number of carboxylic acid groups (broad SMARTS) is 2. The number of carbonyl (C=O) groups is 3. The summed E-state index contributed by atoms with van der Waals surface area (Å²) in [5.74, 6) is -6.40. The fourth-order valence-corrected chi connectivity index (χ4v) is 0.793. The van der Waals surface area contributed by atoms with Gasteiger partial charge in [0.15, 0.2) is 6.10 Å². The fraction of sp³-hybridized carbons (Fsp3) is 0.500. The number of hydrogen-bond donors (Lipinski definition) is 4. The number of aliphatic hydroxyl groups is 1. The van der Waals surface area contributed by atoms with Gasteiger partial charge in [0, 0.05) is 0 Å². The van der Waals surface area contributed by atoms with E-state index < -0.39 is 36.4 Å². The lowest BCUT2D eigenvalue weighted by molar-refractivity contribution is -0.162. The van der Waals surface area contributed by atoms with Crippen molar-refractivity contribution in [1.29, 1.82) is 0 Å². The fourth-order valence-electron chi connectivity index (χ4n) is 0.793. The molecule has 0 saturated carbocycles. The molecule has 0 aliphatic rings. The molecule has 0 spiro atoms. The number of aliphatic hydroxyl groups excluding tert-OH is 1. The second-order valence-corrected chi connectivity index (χ2v) is 2.53. The average Bonchev–Trinajstić information content (AvgIpc) is 2.13. The standard InChI is InChI=1S/C6H8BO8/c8-3(15-7-14)1-2(5(10)11)4(9)6(12)13/h2,4,9,14H,1H2,(H,10,11)(H,12,13). The molecule has 0 saturated heterocycles. The molecule has 0 bridgehead atoms. The van der Waals surface area contributed by atoms with Crippen molar-refractivity contribution in [2.45, 2.75) is 12.5 Å². The highest BCUT2D eigenvalue weighted by Crippen LogP contribution is 2.11.